The van der Waals surface area contributed by atoms with Crippen molar-refractivity contribution in [2.75, 3.05) is 0 Å². The Morgan fingerprint density at radius 3 is 2.67 bits per heavy atom. The predicted octanol–water partition coefficient (Wildman–Crippen LogP) is 3.53. The Labute approximate surface area is 95.6 Å². The molecule has 82 valence electrons. The first-order valence-electron chi connectivity index (χ1n) is 5.56. The van der Waals surface area contributed by atoms with Gasteiger partial charge in [-0.1, -0.05) is 6.42 Å². The average molecular weight is 226 g/mol. The van der Waals surface area contributed by atoms with Crippen molar-refractivity contribution < 1.29 is 4.74 Å². The van der Waals surface area contributed by atoms with Crippen molar-refractivity contribution in [1.82, 2.24) is 4.98 Å². The Balaban J connectivity index is 1.91. The van der Waals surface area contributed by atoms with Crippen LogP contribution in [0.25, 0.3) is 0 Å². The molecule has 1 heterocycles. The molecule has 0 spiro atoms. The molecule has 0 atom stereocenters. The van der Waals surface area contributed by atoms with E-state index >= 15 is 0 Å². The van der Waals surface area contributed by atoms with Gasteiger partial charge in [0.2, 0.25) is 0 Å². The Morgan fingerprint density at radius 1 is 1.27 bits per heavy atom. The van der Waals surface area contributed by atoms with Crippen LogP contribution in [0.3, 0.4) is 0 Å². The maximum absolute atomic E-state index is 5.85. The molecular formula is C12H16ClNO. The van der Waals surface area contributed by atoms with E-state index in [0.717, 1.165) is 11.4 Å². The average Bonchev–Trinajstić information content (AvgIpc) is 2.31. The van der Waals surface area contributed by atoms with Crippen LogP contribution in [0, 0.1) is 0 Å². The van der Waals surface area contributed by atoms with Crippen molar-refractivity contribution in [2.24, 2.45) is 0 Å². The third-order valence-corrected chi connectivity index (χ3v) is 3.06. The molecule has 1 aromatic heterocycles. The van der Waals surface area contributed by atoms with Crippen LogP contribution < -0.4 is 4.74 Å². The topological polar surface area (TPSA) is 22.1 Å². The number of ether oxygens (including phenoxy) is 1. The third-order valence-electron chi connectivity index (χ3n) is 2.79. The van der Waals surface area contributed by atoms with E-state index in [1.807, 2.05) is 12.1 Å². The van der Waals surface area contributed by atoms with Gasteiger partial charge in [0.25, 0.3) is 0 Å². The smallest absolute Gasteiger partial charge is 0.138 e. The standard InChI is InChI=1S/C12H16ClNO/c13-8-10-6-7-12(9-14-10)15-11-4-2-1-3-5-11/h6-7,9,11H,1-5,8H2. The number of aromatic nitrogens is 1. The van der Waals surface area contributed by atoms with Crippen LogP contribution in [0.1, 0.15) is 37.8 Å². The van der Waals surface area contributed by atoms with Crippen molar-refractivity contribution >= 4 is 11.6 Å². The minimum Gasteiger partial charge on any atom is -0.489 e. The minimum atomic E-state index is 0.391. The fraction of sp³-hybridized carbons (Fsp3) is 0.583. The lowest BCUT2D eigenvalue weighted by Crippen LogP contribution is -2.19. The first-order chi connectivity index (χ1) is 7.38. The molecule has 1 aliphatic carbocycles. The third kappa shape index (κ3) is 3.10. The van der Waals surface area contributed by atoms with Gasteiger partial charge >= 0.3 is 0 Å². The quantitative estimate of drug-likeness (QED) is 0.735. The fourth-order valence-electron chi connectivity index (χ4n) is 1.94. The van der Waals surface area contributed by atoms with Crippen LogP contribution in [0.5, 0.6) is 5.75 Å². The summed E-state index contributed by atoms with van der Waals surface area (Å²) in [6.07, 6.45) is 8.45. The SMILES string of the molecule is ClCc1ccc(OC2CCCCC2)cn1. The van der Waals surface area contributed by atoms with Crippen molar-refractivity contribution in [1.29, 1.82) is 0 Å². The summed E-state index contributed by atoms with van der Waals surface area (Å²) in [4.78, 5) is 4.21. The Kier molecular flexibility index (Phi) is 3.84. The number of rotatable bonds is 3. The maximum Gasteiger partial charge on any atom is 0.138 e. The van der Waals surface area contributed by atoms with E-state index in [4.69, 9.17) is 16.3 Å². The lowest BCUT2D eigenvalue weighted by molar-refractivity contribution is 0.154. The summed E-state index contributed by atoms with van der Waals surface area (Å²) in [5.74, 6) is 1.33. The highest BCUT2D eigenvalue weighted by Gasteiger charge is 2.14. The highest BCUT2D eigenvalue weighted by atomic mass is 35.5. The van der Waals surface area contributed by atoms with Gasteiger partial charge in [-0.25, -0.2) is 0 Å². The molecule has 0 bridgehead atoms. The normalized spacial score (nSPS) is 17.7. The van der Waals surface area contributed by atoms with E-state index in [9.17, 15) is 0 Å². The maximum atomic E-state index is 5.85. The van der Waals surface area contributed by atoms with Gasteiger partial charge in [-0.3, -0.25) is 4.98 Å². The molecule has 1 aromatic rings. The molecule has 0 radical (unpaired) electrons. The summed E-state index contributed by atoms with van der Waals surface area (Å²) in [5, 5.41) is 0. The first kappa shape index (κ1) is 10.7. The molecule has 1 aliphatic rings. The summed E-state index contributed by atoms with van der Waals surface area (Å²) in [6.45, 7) is 0. The van der Waals surface area contributed by atoms with E-state index in [2.05, 4.69) is 4.98 Å². The summed E-state index contributed by atoms with van der Waals surface area (Å²) in [5.41, 5.74) is 0.896. The fourth-order valence-corrected chi connectivity index (χ4v) is 2.09. The van der Waals surface area contributed by atoms with Crippen LogP contribution >= 0.6 is 11.6 Å². The van der Waals surface area contributed by atoms with Crippen LogP contribution in [0.4, 0.5) is 0 Å². The number of halogens is 1. The minimum absolute atomic E-state index is 0.391. The molecule has 1 saturated carbocycles. The monoisotopic (exact) mass is 225 g/mol. The molecule has 0 unspecified atom stereocenters. The number of pyridine rings is 1. The number of alkyl halides is 1. The van der Waals surface area contributed by atoms with E-state index in [1.165, 1.54) is 32.1 Å². The second-order valence-electron chi connectivity index (χ2n) is 4.00. The van der Waals surface area contributed by atoms with Gasteiger partial charge in [-0.2, -0.15) is 0 Å². The van der Waals surface area contributed by atoms with Gasteiger partial charge in [0, 0.05) is 0 Å². The number of hydrogen-bond donors (Lipinski definition) is 0. The molecule has 0 N–H and O–H groups in total. The number of hydrogen-bond acceptors (Lipinski definition) is 2. The van der Waals surface area contributed by atoms with E-state index in [1.54, 1.807) is 6.20 Å². The van der Waals surface area contributed by atoms with Crippen LogP contribution in [-0.4, -0.2) is 11.1 Å². The number of nitrogens with zero attached hydrogens (tertiary/aromatic N) is 1. The molecule has 0 aromatic carbocycles. The van der Waals surface area contributed by atoms with Gasteiger partial charge in [-0.05, 0) is 37.8 Å². The molecule has 0 amide bonds. The predicted molar refractivity (Wildman–Crippen MR) is 61.3 cm³/mol. The van der Waals surface area contributed by atoms with Gasteiger partial charge in [0.1, 0.15) is 5.75 Å². The summed E-state index contributed by atoms with van der Waals surface area (Å²) < 4.78 is 5.85. The lowest BCUT2D eigenvalue weighted by Gasteiger charge is -2.22. The zero-order valence-electron chi connectivity index (χ0n) is 8.79. The summed E-state index contributed by atoms with van der Waals surface area (Å²) in [6, 6.07) is 3.88. The van der Waals surface area contributed by atoms with Crippen molar-refractivity contribution in [3.8, 4) is 5.75 Å². The van der Waals surface area contributed by atoms with E-state index in [0.29, 0.717) is 12.0 Å². The van der Waals surface area contributed by atoms with Crippen molar-refractivity contribution in [3.05, 3.63) is 24.0 Å². The van der Waals surface area contributed by atoms with Crippen molar-refractivity contribution in [2.45, 2.75) is 44.1 Å². The Hall–Kier alpha value is -0.760. The molecule has 2 rings (SSSR count). The van der Waals surface area contributed by atoms with Crippen LogP contribution in [0.2, 0.25) is 0 Å². The molecule has 0 saturated heterocycles. The van der Waals surface area contributed by atoms with Gasteiger partial charge in [-0.15, -0.1) is 11.6 Å². The summed E-state index contributed by atoms with van der Waals surface area (Å²) in [7, 11) is 0. The molecule has 0 aliphatic heterocycles. The van der Waals surface area contributed by atoms with E-state index < -0.39 is 0 Å². The highest BCUT2D eigenvalue weighted by molar-refractivity contribution is 6.16. The van der Waals surface area contributed by atoms with Gasteiger partial charge in [0.05, 0.1) is 23.9 Å². The lowest BCUT2D eigenvalue weighted by atomic mass is 9.98. The molecule has 3 heteroatoms. The van der Waals surface area contributed by atoms with Crippen molar-refractivity contribution in [3.63, 3.8) is 0 Å². The second kappa shape index (κ2) is 5.36. The highest BCUT2D eigenvalue weighted by Crippen LogP contribution is 2.22. The van der Waals surface area contributed by atoms with E-state index in [-0.39, 0.29) is 0 Å². The first-order valence-corrected chi connectivity index (χ1v) is 6.09. The van der Waals surface area contributed by atoms with Gasteiger partial charge < -0.3 is 4.74 Å². The molecule has 15 heavy (non-hydrogen) atoms. The zero-order valence-corrected chi connectivity index (χ0v) is 9.54. The van der Waals surface area contributed by atoms with Crippen LogP contribution in [0.15, 0.2) is 18.3 Å². The zero-order chi connectivity index (χ0) is 10.5. The van der Waals surface area contributed by atoms with Gasteiger partial charge in [0.15, 0.2) is 0 Å². The summed E-state index contributed by atoms with van der Waals surface area (Å²) >= 11 is 5.67. The molecule has 2 nitrogen and oxygen atoms in total. The second-order valence-corrected chi connectivity index (χ2v) is 4.26. The largest absolute Gasteiger partial charge is 0.489 e. The molecule has 1 fully saturated rings. The Morgan fingerprint density at radius 2 is 2.07 bits per heavy atom. The Bertz CT molecular complexity index is 293. The van der Waals surface area contributed by atoms with Crippen LogP contribution in [-0.2, 0) is 5.88 Å². The molecular weight excluding hydrogens is 210 g/mol.